The number of likely N-dealkylation sites (N-methyl/N-ethyl adjacent to an activating group) is 1. The second kappa shape index (κ2) is 5.62. The summed E-state index contributed by atoms with van der Waals surface area (Å²) >= 11 is 6.70. The van der Waals surface area contributed by atoms with Gasteiger partial charge in [0.15, 0.2) is 0 Å². The van der Waals surface area contributed by atoms with Gasteiger partial charge in [0.1, 0.15) is 6.04 Å². The van der Waals surface area contributed by atoms with E-state index < -0.39 is 6.04 Å². The summed E-state index contributed by atoms with van der Waals surface area (Å²) in [6, 6.07) is -0.418. The molecule has 1 aliphatic rings. The monoisotopic (exact) mass is 288 g/mol. The van der Waals surface area contributed by atoms with Crippen molar-refractivity contribution in [3.63, 3.8) is 0 Å². The highest BCUT2D eigenvalue weighted by Gasteiger charge is 2.33. The molecular formula is C10H13ClN4O2S. The van der Waals surface area contributed by atoms with Crippen LogP contribution in [0, 0.1) is 0 Å². The molecule has 0 aliphatic carbocycles. The van der Waals surface area contributed by atoms with Gasteiger partial charge >= 0.3 is 0 Å². The quantitative estimate of drug-likeness (QED) is 0.878. The summed E-state index contributed by atoms with van der Waals surface area (Å²) in [5, 5.41) is 10.1. The highest BCUT2D eigenvalue weighted by atomic mass is 35.5. The third kappa shape index (κ3) is 2.62. The second-order valence-corrected chi connectivity index (χ2v) is 5.54. The number of piperidine rings is 1. The Morgan fingerprint density at radius 2 is 2.22 bits per heavy atom. The van der Waals surface area contributed by atoms with Crippen molar-refractivity contribution in [2.75, 3.05) is 13.6 Å². The number of nitrogens with zero attached hydrogens (tertiary/aromatic N) is 3. The molecule has 0 bridgehead atoms. The molecule has 1 N–H and O–H groups in total. The summed E-state index contributed by atoms with van der Waals surface area (Å²) in [4.78, 5) is 25.5. The van der Waals surface area contributed by atoms with Crippen molar-refractivity contribution >= 4 is 34.8 Å². The van der Waals surface area contributed by atoms with Gasteiger partial charge in [-0.25, -0.2) is 0 Å². The lowest BCUT2D eigenvalue weighted by atomic mass is 10.0. The minimum atomic E-state index is -0.418. The maximum atomic E-state index is 12.2. The van der Waals surface area contributed by atoms with Crippen LogP contribution in [-0.2, 0) is 4.79 Å². The number of rotatable bonds is 2. The molecule has 8 heteroatoms. The number of carbonyl (C=O) groups excluding carboxylic acids is 2. The molecule has 1 fully saturated rings. The fourth-order valence-electron chi connectivity index (χ4n) is 2.03. The molecule has 2 amide bonds. The zero-order valence-corrected chi connectivity index (χ0v) is 11.4. The van der Waals surface area contributed by atoms with Crippen molar-refractivity contribution in [1.29, 1.82) is 0 Å². The fraction of sp³-hybridized carbons (Fsp3) is 0.600. The van der Waals surface area contributed by atoms with Crippen LogP contribution in [-0.4, -0.2) is 46.5 Å². The zero-order valence-electron chi connectivity index (χ0n) is 9.85. The van der Waals surface area contributed by atoms with Gasteiger partial charge in [-0.15, -0.1) is 10.2 Å². The van der Waals surface area contributed by atoms with E-state index >= 15 is 0 Å². The average molecular weight is 289 g/mol. The van der Waals surface area contributed by atoms with Crippen molar-refractivity contribution < 1.29 is 9.59 Å². The van der Waals surface area contributed by atoms with Crippen LogP contribution in [0.3, 0.4) is 0 Å². The standard InChI is InChI=1S/C10H13ClN4O2S/c1-12-7(16)6-4-2-3-5-15(6)9(17)8-13-14-10(11)18-8/h6H,2-5H2,1H3,(H,12,16). The molecular weight excluding hydrogens is 276 g/mol. The average Bonchev–Trinajstić information content (AvgIpc) is 2.83. The van der Waals surface area contributed by atoms with Crippen LogP contribution in [0.25, 0.3) is 0 Å². The summed E-state index contributed by atoms with van der Waals surface area (Å²) in [5.74, 6) is -0.411. The molecule has 1 aromatic heterocycles. The van der Waals surface area contributed by atoms with Crippen LogP contribution in [0.15, 0.2) is 0 Å². The van der Waals surface area contributed by atoms with Gasteiger partial charge in [0.05, 0.1) is 0 Å². The van der Waals surface area contributed by atoms with Gasteiger partial charge in [0.25, 0.3) is 5.91 Å². The summed E-state index contributed by atoms with van der Waals surface area (Å²) in [6.45, 7) is 0.564. The maximum absolute atomic E-state index is 12.2. The minimum Gasteiger partial charge on any atom is -0.357 e. The first kappa shape index (κ1) is 13.2. The van der Waals surface area contributed by atoms with E-state index in [1.165, 1.54) is 0 Å². The van der Waals surface area contributed by atoms with Gasteiger partial charge in [-0.05, 0) is 30.9 Å². The van der Waals surface area contributed by atoms with E-state index in [2.05, 4.69) is 15.5 Å². The van der Waals surface area contributed by atoms with E-state index in [1.54, 1.807) is 11.9 Å². The Balaban J connectivity index is 2.18. The van der Waals surface area contributed by atoms with Crippen LogP contribution in [0.5, 0.6) is 0 Å². The smallest absolute Gasteiger partial charge is 0.285 e. The van der Waals surface area contributed by atoms with Crippen molar-refractivity contribution in [3.8, 4) is 0 Å². The Hall–Kier alpha value is -1.21. The SMILES string of the molecule is CNC(=O)C1CCCCN1C(=O)c1nnc(Cl)s1. The number of hydrogen-bond donors (Lipinski definition) is 1. The predicted molar refractivity (Wildman–Crippen MR) is 67.7 cm³/mol. The Bertz CT molecular complexity index is 464. The molecule has 0 aromatic carbocycles. The third-order valence-corrected chi connectivity index (χ3v) is 3.90. The lowest BCUT2D eigenvalue weighted by molar-refractivity contribution is -0.126. The predicted octanol–water partition coefficient (Wildman–Crippen LogP) is 0.932. The topological polar surface area (TPSA) is 75.2 Å². The summed E-state index contributed by atoms with van der Waals surface area (Å²) in [5.41, 5.74) is 0. The molecule has 1 atom stereocenters. The highest BCUT2D eigenvalue weighted by Crippen LogP contribution is 2.22. The van der Waals surface area contributed by atoms with Crippen molar-refractivity contribution in [2.24, 2.45) is 0 Å². The van der Waals surface area contributed by atoms with Crippen molar-refractivity contribution in [1.82, 2.24) is 20.4 Å². The Morgan fingerprint density at radius 1 is 1.44 bits per heavy atom. The van der Waals surface area contributed by atoms with Gasteiger partial charge < -0.3 is 10.2 Å². The van der Waals surface area contributed by atoms with Gasteiger partial charge in [0, 0.05) is 13.6 Å². The lowest BCUT2D eigenvalue weighted by Crippen LogP contribution is -2.51. The molecule has 18 heavy (non-hydrogen) atoms. The van der Waals surface area contributed by atoms with E-state index in [9.17, 15) is 9.59 Å². The highest BCUT2D eigenvalue weighted by molar-refractivity contribution is 7.17. The van der Waals surface area contributed by atoms with Gasteiger partial charge in [-0.3, -0.25) is 9.59 Å². The maximum Gasteiger partial charge on any atom is 0.285 e. The van der Waals surface area contributed by atoms with Crippen LogP contribution in [0.4, 0.5) is 0 Å². The molecule has 1 aliphatic heterocycles. The Kier molecular flexibility index (Phi) is 4.13. The first-order valence-electron chi connectivity index (χ1n) is 5.65. The van der Waals surface area contributed by atoms with Gasteiger partial charge in [-0.1, -0.05) is 11.3 Å². The number of aromatic nitrogens is 2. The molecule has 2 heterocycles. The number of halogens is 1. The summed E-state index contributed by atoms with van der Waals surface area (Å²) in [6.07, 6.45) is 2.52. The molecule has 1 unspecified atom stereocenters. The number of nitrogens with one attached hydrogen (secondary N) is 1. The number of carbonyl (C=O) groups is 2. The number of amides is 2. The molecule has 98 valence electrons. The van der Waals surface area contributed by atoms with Gasteiger partial charge in [-0.2, -0.15) is 0 Å². The molecule has 1 aromatic rings. The molecule has 0 spiro atoms. The van der Waals surface area contributed by atoms with Crippen LogP contribution in [0.1, 0.15) is 29.1 Å². The van der Waals surface area contributed by atoms with E-state index in [0.717, 1.165) is 24.2 Å². The van der Waals surface area contributed by atoms with Gasteiger partial charge in [0.2, 0.25) is 15.4 Å². The second-order valence-electron chi connectivity index (χ2n) is 3.98. The van der Waals surface area contributed by atoms with Crippen LogP contribution in [0.2, 0.25) is 4.47 Å². The van der Waals surface area contributed by atoms with Crippen molar-refractivity contribution in [3.05, 3.63) is 9.47 Å². The summed E-state index contributed by atoms with van der Waals surface area (Å²) < 4.78 is 0.229. The van der Waals surface area contributed by atoms with E-state index in [0.29, 0.717) is 13.0 Å². The Labute approximate surface area is 113 Å². The molecule has 0 radical (unpaired) electrons. The minimum absolute atomic E-state index is 0.140. The fourth-order valence-corrected chi connectivity index (χ4v) is 2.81. The van der Waals surface area contributed by atoms with Crippen LogP contribution < -0.4 is 5.32 Å². The normalized spacial score (nSPS) is 19.7. The molecule has 0 saturated carbocycles. The molecule has 6 nitrogen and oxygen atoms in total. The summed E-state index contributed by atoms with van der Waals surface area (Å²) in [7, 11) is 1.57. The molecule has 1 saturated heterocycles. The first-order valence-corrected chi connectivity index (χ1v) is 6.84. The van der Waals surface area contributed by atoms with E-state index in [4.69, 9.17) is 11.6 Å². The van der Waals surface area contributed by atoms with E-state index in [-0.39, 0.29) is 21.3 Å². The number of hydrogen-bond acceptors (Lipinski definition) is 5. The Morgan fingerprint density at radius 3 is 2.83 bits per heavy atom. The first-order chi connectivity index (χ1) is 8.63. The largest absolute Gasteiger partial charge is 0.357 e. The van der Waals surface area contributed by atoms with Crippen molar-refractivity contribution in [2.45, 2.75) is 25.3 Å². The van der Waals surface area contributed by atoms with E-state index in [1.807, 2.05) is 0 Å². The lowest BCUT2D eigenvalue weighted by Gasteiger charge is -2.33. The van der Waals surface area contributed by atoms with Crippen LogP contribution >= 0.6 is 22.9 Å². The third-order valence-electron chi connectivity index (χ3n) is 2.90. The zero-order chi connectivity index (χ0) is 13.1. The number of likely N-dealkylation sites (tertiary alicyclic amines) is 1. The molecule has 2 rings (SSSR count).